The molecule has 2 aromatic rings. The molecule has 0 amide bonds. The minimum Gasteiger partial charge on any atom is -0.507 e. The van der Waals surface area contributed by atoms with Gasteiger partial charge in [-0.15, -0.1) is 0 Å². The maximum Gasteiger partial charge on any atom is 0.305 e. The van der Waals surface area contributed by atoms with Gasteiger partial charge in [-0.25, -0.2) is 0 Å². The van der Waals surface area contributed by atoms with Gasteiger partial charge in [-0.3, -0.25) is 24.0 Å². The number of fused-ring (bicyclic) bond motifs is 3. The molecule has 3 aliphatic carbocycles. The summed E-state index contributed by atoms with van der Waals surface area (Å²) in [6.45, 7) is 0. The standard InChI is InChI=1S/C28H22O12/c29-13-5-1-3-11-18(13)25(37)23-21(24(11)36)20(15(31)8-17(34)35)22-26(38)19-12(4-2-6-14(19)30)28(39)27(22,23)9-10(40-28)7-16(32)33/h1-6,10,15,20,22,29-31,39H,7-9H2,(H,32,33)(H,34,35). The monoisotopic (exact) mass is 550 g/mol. The Labute approximate surface area is 224 Å². The van der Waals surface area contributed by atoms with Crippen LogP contribution in [0.4, 0.5) is 0 Å². The van der Waals surface area contributed by atoms with Gasteiger partial charge in [0.05, 0.1) is 41.6 Å². The lowest BCUT2D eigenvalue weighted by Crippen LogP contribution is -2.56. The number of carbonyl (C=O) groups excluding carboxylic acids is 3. The first kappa shape index (κ1) is 25.9. The summed E-state index contributed by atoms with van der Waals surface area (Å²) in [7, 11) is 0. The Balaban J connectivity index is 1.72. The summed E-state index contributed by atoms with van der Waals surface area (Å²) in [5, 5.41) is 63.8. The number of aliphatic hydroxyl groups excluding tert-OH is 1. The Morgan fingerprint density at radius 1 is 0.950 bits per heavy atom. The number of Topliss-reactive ketones (excluding diaryl/α,β-unsaturated/α-hetero) is 3. The largest absolute Gasteiger partial charge is 0.507 e. The fourth-order valence-electron chi connectivity index (χ4n) is 7.31. The Hall–Kier alpha value is -4.39. The van der Waals surface area contributed by atoms with E-state index in [1.807, 2.05) is 0 Å². The van der Waals surface area contributed by atoms with Gasteiger partial charge in [0.2, 0.25) is 5.79 Å². The van der Waals surface area contributed by atoms with Crippen LogP contribution in [0.25, 0.3) is 0 Å². The van der Waals surface area contributed by atoms with Crippen molar-refractivity contribution in [3.63, 3.8) is 0 Å². The molecule has 6 atom stereocenters. The van der Waals surface area contributed by atoms with E-state index in [-0.39, 0.29) is 11.1 Å². The molecule has 1 heterocycles. The number of ether oxygens (including phenoxy) is 1. The number of hydrogen-bond donors (Lipinski definition) is 6. The number of phenolic OH excluding ortho intramolecular Hbond substituents is 2. The van der Waals surface area contributed by atoms with Crippen molar-refractivity contribution in [2.75, 3.05) is 0 Å². The molecule has 0 aromatic heterocycles. The number of rotatable bonds is 5. The maximum absolute atomic E-state index is 14.2. The highest BCUT2D eigenvalue weighted by atomic mass is 16.6. The lowest BCUT2D eigenvalue weighted by molar-refractivity contribution is -0.252. The molecule has 0 bridgehead atoms. The van der Waals surface area contributed by atoms with E-state index in [1.54, 1.807) is 0 Å². The molecule has 1 fully saturated rings. The molecule has 12 heteroatoms. The molecule has 6 N–H and O–H groups in total. The van der Waals surface area contributed by atoms with Crippen molar-refractivity contribution in [3.8, 4) is 11.5 Å². The van der Waals surface area contributed by atoms with E-state index in [0.29, 0.717) is 0 Å². The molecule has 12 nitrogen and oxygen atoms in total. The maximum atomic E-state index is 14.2. The lowest BCUT2D eigenvalue weighted by atomic mass is 9.55. The molecule has 0 saturated carbocycles. The lowest BCUT2D eigenvalue weighted by Gasteiger charge is -2.48. The van der Waals surface area contributed by atoms with Crippen LogP contribution in [0.15, 0.2) is 47.5 Å². The third-order valence-corrected chi connectivity index (χ3v) is 8.55. The number of hydrogen-bond acceptors (Lipinski definition) is 10. The number of carboxylic acid groups (broad SMARTS) is 2. The SMILES string of the molecule is O=C(O)CC1CC23C4=C(C(=O)c5cccc(O)c5C4=O)C(C(O)CC(=O)O)C2C(=O)c2c(O)cccc2C3(O)O1. The molecule has 206 valence electrons. The van der Waals surface area contributed by atoms with Crippen molar-refractivity contribution >= 4 is 29.3 Å². The summed E-state index contributed by atoms with van der Waals surface area (Å²) < 4.78 is 5.91. The van der Waals surface area contributed by atoms with Gasteiger partial charge in [-0.05, 0) is 18.6 Å². The second-order valence-corrected chi connectivity index (χ2v) is 10.5. The van der Waals surface area contributed by atoms with Gasteiger partial charge < -0.3 is 35.4 Å². The topological polar surface area (TPSA) is 216 Å². The Morgan fingerprint density at radius 2 is 1.60 bits per heavy atom. The summed E-state index contributed by atoms with van der Waals surface area (Å²) in [5.41, 5.74) is -4.39. The van der Waals surface area contributed by atoms with Gasteiger partial charge in [-0.1, -0.05) is 24.3 Å². The minimum atomic E-state index is -2.66. The van der Waals surface area contributed by atoms with Crippen LogP contribution in [0.3, 0.4) is 0 Å². The molecule has 1 saturated heterocycles. The molecule has 4 aliphatic rings. The van der Waals surface area contributed by atoms with Crippen LogP contribution in [0.5, 0.6) is 11.5 Å². The van der Waals surface area contributed by atoms with Gasteiger partial charge in [-0.2, -0.15) is 0 Å². The number of ketones is 3. The van der Waals surface area contributed by atoms with Gasteiger partial charge in [0.1, 0.15) is 11.5 Å². The summed E-state index contributed by atoms with van der Waals surface area (Å²) in [6, 6.07) is 7.45. The fraction of sp³-hybridized carbons (Fsp3) is 0.321. The van der Waals surface area contributed by atoms with Crippen LogP contribution in [-0.4, -0.2) is 72.1 Å². The van der Waals surface area contributed by atoms with Crippen LogP contribution in [0.2, 0.25) is 0 Å². The smallest absolute Gasteiger partial charge is 0.305 e. The van der Waals surface area contributed by atoms with E-state index in [0.717, 1.165) is 6.07 Å². The predicted molar refractivity (Wildman–Crippen MR) is 130 cm³/mol. The second-order valence-electron chi connectivity index (χ2n) is 10.5. The second kappa shape index (κ2) is 8.31. The van der Waals surface area contributed by atoms with E-state index < -0.39 is 118 Å². The first-order valence-corrected chi connectivity index (χ1v) is 12.4. The number of carboxylic acids is 2. The molecule has 1 aliphatic heterocycles. The van der Waals surface area contributed by atoms with Crippen molar-refractivity contribution in [1.82, 2.24) is 0 Å². The minimum absolute atomic E-state index is 0.247. The summed E-state index contributed by atoms with van der Waals surface area (Å²) in [6.07, 6.45) is -5.31. The number of aromatic hydroxyl groups is 2. The Bertz CT molecular complexity index is 1600. The first-order valence-electron chi connectivity index (χ1n) is 12.4. The Kier molecular flexibility index (Phi) is 5.37. The highest BCUT2D eigenvalue weighted by Gasteiger charge is 2.77. The highest BCUT2D eigenvalue weighted by molar-refractivity contribution is 6.30. The van der Waals surface area contributed by atoms with Crippen LogP contribution >= 0.6 is 0 Å². The molecule has 6 rings (SSSR count). The number of carbonyl (C=O) groups is 5. The number of phenols is 2. The van der Waals surface area contributed by atoms with E-state index in [1.165, 1.54) is 30.3 Å². The molecular weight excluding hydrogens is 528 g/mol. The zero-order valence-corrected chi connectivity index (χ0v) is 20.5. The van der Waals surface area contributed by atoms with Crippen molar-refractivity contribution in [2.45, 2.75) is 37.3 Å². The van der Waals surface area contributed by atoms with Gasteiger partial charge in [0.15, 0.2) is 17.3 Å². The number of aliphatic carboxylic acids is 2. The molecule has 0 radical (unpaired) electrons. The van der Waals surface area contributed by atoms with E-state index in [4.69, 9.17) is 4.74 Å². The van der Waals surface area contributed by atoms with Gasteiger partial charge >= 0.3 is 11.9 Å². The normalized spacial score (nSPS) is 30.8. The van der Waals surface area contributed by atoms with Gasteiger partial charge in [0, 0.05) is 34.1 Å². The molecule has 1 spiro atoms. The molecule has 40 heavy (non-hydrogen) atoms. The average molecular weight is 550 g/mol. The zero-order valence-electron chi connectivity index (χ0n) is 20.5. The van der Waals surface area contributed by atoms with Crippen molar-refractivity contribution in [1.29, 1.82) is 0 Å². The molecule has 2 aromatic carbocycles. The predicted octanol–water partition coefficient (Wildman–Crippen LogP) is 1.15. The molecule has 6 unspecified atom stereocenters. The number of aliphatic hydroxyl groups is 2. The summed E-state index contributed by atoms with van der Waals surface area (Å²) in [4.78, 5) is 65.7. The van der Waals surface area contributed by atoms with Crippen molar-refractivity contribution < 1.29 is 59.3 Å². The average Bonchev–Trinajstić information content (AvgIpc) is 3.34. The van der Waals surface area contributed by atoms with E-state index in [2.05, 4.69) is 0 Å². The highest BCUT2D eigenvalue weighted by Crippen LogP contribution is 2.71. The van der Waals surface area contributed by atoms with Gasteiger partial charge in [0.25, 0.3) is 0 Å². The summed E-state index contributed by atoms with van der Waals surface area (Å²) in [5.74, 6) is -12.7. The van der Waals surface area contributed by atoms with Crippen LogP contribution in [0, 0.1) is 17.3 Å². The van der Waals surface area contributed by atoms with Crippen LogP contribution in [-0.2, 0) is 20.1 Å². The van der Waals surface area contributed by atoms with Crippen molar-refractivity contribution in [3.05, 3.63) is 69.8 Å². The quantitative estimate of drug-likeness (QED) is 0.309. The third kappa shape index (κ3) is 3.03. The van der Waals surface area contributed by atoms with E-state index >= 15 is 0 Å². The van der Waals surface area contributed by atoms with Crippen LogP contribution in [0.1, 0.15) is 55.9 Å². The summed E-state index contributed by atoms with van der Waals surface area (Å²) >= 11 is 0. The fourth-order valence-corrected chi connectivity index (χ4v) is 7.31. The Morgan fingerprint density at radius 3 is 2.25 bits per heavy atom. The first-order chi connectivity index (χ1) is 18.8. The zero-order chi connectivity index (χ0) is 28.9. The van der Waals surface area contributed by atoms with Crippen molar-refractivity contribution in [2.24, 2.45) is 17.3 Å². The number of benzene rings is 2. The molecular formula is C28H22O12. The van der Waals surface area contributed by atoms with E-state index in [9.17, 15) is 54.6 Å². The third-order valence-electron chi connectivity index (χ3n) is 8.55. The van der Waals surface area contributed by atoms with Crippen LogP contribution < -0.4 is 0 Å².